The molecule has 0 aliphatic rings. The number of nitrogens with zero attached hydrogens (tertiary/aromatic N) is 3. The summed E-state index contributed by atoms with van der Waals surface area (Å²) < 4.78 is 6.56. The van der Waals surface area contributed by atoms with Gasteiger partial charge in [0, 0.05) is 11.3 Å². The van der Waals surface area contributed by atoms with Crippen LogP contribution in [-0.4, -0.2) is 24.8 Å². The lowest BCUT2D eigenvalue weighted by Gasteiger charge is -2.08. The van der Waals surface area contributed by atoms with Crippen LogP contribution in [0.2, 0.25) is 0 Å². The number of aromatic nitrogens is 4. The topological polar surface area (TPSA) is 96.9 Å². The molecule has 5 rings (SSSR count). The lowest BCUT2D eigenvalue weighted by molar-refractivity contribution is 0.388. The van der Waals surface area contributed by atoms with Gasteiger partial charge in [-0.1, -0.05) is 29.4 Å². The Morgan fingerprint density at radius 3 is 2.54 bits per heavy atom. The maximum Gasteiger partial charge on any atom is 0.439 e. The number of imidazole rings is 1. The Kier molecular flexibility index (Phi) is 3.58. The van der Waals surface area contributed by atoms with Crippen molar-refractivity contribution in [2.45, 2.75) is 0 Å². The number of hydrogen-bond donors (Lipinski definition) is 2. The number of rotatable bonds is 3. The van der Waals surface area contributed by atoms with Crippen LogP contribution in [0.5, 0.6) is 5.75 Å². The Balaban J connectivity index is 1.63. The molecular weight excluding hydrogens is 356 g/mol. The number of phenols is 1. The monoisotopic (exact) mass is 370 g/mol. The molecule has 0 atom stereocenters. The van der Waals surface area contributed by atoms with Gasteiger partial charge >= 0.3 is 5.76 Å². The lowest BCUT2D eigenvalue weighted by atomic mass is 10.0. The van der Waals surface area contributed by atoms with Gasteiger partial charge in [0.15, 0.2) is 5.82 Å². The van der Waals surface area contributed by atoms with Crippen molar-refractivity contribution < 1.29 is 9.63 Å². The van der Waals surface area contributed by atoms with E-state index in [2.05, 4.69) is 19.6 Å². The second-order valence-electron chi connectivity index (χ2n) is 6.36. The summed E-state index contributed by atoms with van der Waals surface area (Å²) in [4.78, 5) is 18.3. The fourth-order valence-electron chi connectivity index (χ4n) is 3.24. The van der Waals surface area contributed by atoms with Gasteiger partial charge in [-0.2, -0.15) is 0 Å². The average molecular weight is 370 g/mol. The Morgan fingerprint density at radius 1 is 0.929 bits per heavy atom. The molecule has 0 aliphatic heterocycles. The Labute approximate surface area is 158 Å². The summed E-state index contributed by atoms with van der Waals surface area (Å²) in [5.74, 6) is -0.00203. The quantitative estimate of drug-likeness (QED) is 0.504. The molecular formula is C21H14N4O3. The molecule has 0 bridgehead atoms. The fraction of sp³-hybridized carbons (Fsp3) is 0. The third-order valence-corrected chi connectivity index (χ3v) is 4.56. The average Bonchev–Trinajstić information content (AvgIpc) is 3.34. The smallest absolute Gasteiger partial charge is 0.439 e. The summed E-state index contributed by atoms with van der Waals surface area (Å²) in [5, 5.41) is 13.5. The third-order valence-electron chi connectivity index (χ3n) is 4.56. The van der Waals surface area contributed by atoms with Crippen LogP contribution >= 0.6 is 0 Å². The van der Waals surface area contributed by atoms with Crippen molar-refractivity contribution in [3.05, 3.63) is 83.6 Å². The zero-order valence-corrected chi connectivity index (χ0v) is 14.5. The van der Waals surface area contributed by atoms with Gasteiger partial charge in [-0.15, -0.1) is 0 Å². The third kappa shape index (κ3) is 2.75. The van der Waals surface area contributed by atoms with Crippen LogP contribution in [0.4, 0.5) is 0 Å². The predicted molar refractivity (Wildman–Crippen MR) is 104 cm³/mol. The van der Waals surface area contributed by atoms with Crippen LogP contribution in [0.15, 0.2) is 82.4 Å². The van der Waals surface area contributed by atoms with E-state index in [-0.39, 0.29) is 5.75 Å². The first-order valence-electron chi connectivity index (χ1n) is 8.61. The molecule has 0 unspecified atom stereocenters. The molecule has 28 heavy (non-hydrogen) atoms. The normalized spacial score (nSPS) is 11.1. The van der Waals surface area contributed by atoms with E-state index in [9.17, 15) is 9.90 Å². The van der Waals surface area contributed by atoms with Gasteiger partial charge in [-0.25, -0.2) is 9.78 Å². The van der Waals surface area contributed by atoms with Gasteiger partial charge in [-0.05, 0) is 53.6 Å². The number of phenolic OH excluding ortho intramolecular Hbond substituents is 1. The molecule has 7 nitrogen and oxygen atoms in total. The number of nitrogens with one attached hydrogen (secondary N) is 1. The molecule has 0 radical (unpaired) electrons. The second-order valence-corrected chi connectivity index (χ2v) is 6.36. The highest BCUT2D eigenvalue weighted by molar-refractivity contribution is 5.82. The first-order chi connectivity index (χ1) is 13.7. The van der Waals surface area contributed by atoms with Crippen LogP contribution < -0.4 is 5.76 Å². The molecule has 0 fully saturated rings. The fourth-order valence-corrected chi connectivity index (χ4v) is 3.24. The maximum atomic E-state index is 11.2. The highest BCUT2D eigenvalue weighted by Gasteiger charge is 2.10. The summed E-state index contributed by atoms with van der Waals surface area (Å²) in [6.45, 7) is 0. The predicted octanol–water partition coefficient (Wildman–Crippen LogP) is 3.74. The molecule has 0 saturated carbocycles. The number of hydrogen-bond acceptors (Lipinski definition) is 5. The zero-order valence-electron chi connectivity index (χ0n) is 14.5. The Morgan fingerprint density at radius 2 is 1.75 bits per heavy atom. The summed E-state index contributed by atoms with van der Waals surface area (Å²) in [6, 6.07) is 20.7. The van der Waals surface area contributed by atoms with Crippen LogP contribution in [0.25, 0.3) is 39.2 Å². The molecule has 2 N–H and O–H groups in total. The van der Waals surface area contributed by atoms with Gasteiger partial charge in [-0.3, -0.25) is 14.1 Å². The summed E-state index contributed by atoms with van der Waals surface area (Å²) in [6.07, 6.45) is 1.75. The van der Waals surface area contributed by atoms with Crippen molar-refractivity contribution in [1.82, 2.24) is 19.7 Å². The van der Waals surface area contributed by atoms with Crippen molar-refractivity contribution in [2.24, 2.45) is 0 Å². The van der Waals surface area contributed by atoms with Gasteiger partial charge in [0.1, 0.15) is 12.1 Å². The van der Waals surface area contributed by atoms with Crippen LogP contribution in [0.1, 0.15) is 0 Å². The second kappa shape index (κ2) is 6.24. The number of benzene rings is 3. The first-order valence-corrected chi connectivity index (χ1v) is 8.61. The SMILES string of the molecule is O=c1[nH]c(-c2ccc3ncn(-c4cccc(-c5cccc(O)c5)c4)c3c2)no1. The van der Waals surface area contributed by atoms with Crippen LogP contribution in [0, 0.1) is 0 Å². The van der Waals surface area contributed by atoms with Gasteiger partial charge in [0.05, 0.1) is 11.0 Å². The van der Waals surface area contributed by atoms with Crippen molar-refractivity contribution in [3.8, 4) is 34.0 Å². The van der Waals surface area contributed by atoms with Crippen molar-refractivity contribution >= 4 is 11.0 Å². The highest BCUT2D eigenvalue weighted by atomic mass is 16.5. The molecule has 0 saturated heterocycles. The minimum absolute atomic E-state index is 0.224. The molecule has 2 aromatic heterocycles. The molecule has 0 amide bonds. The van der Waals surface area contributed by atoms with E-state index < -0.39 is 5.76 Å². The lowest BCUT2D eigenvalue weighted by Crippen LogP contribution is -1.95. The van der Waals surface area contributed by atoms with E-state index in [1.165, 1.54) is 0 Å². The number of aromatic amines is 1. The largest absolute Gasteiger partial charge is 0.508 e. The van der Waals surface area contributed by atoms with Gasteiger partial charge < -0.3 is 5.11 Å². The van der Waals surface area contributed by atoms with Crippen molar-refractivity contribution in [1.29, 1.82) is 0 Å². The minimum Gasteiger partial charge on any atom is -0.508 e. The number of fused-ring (bicyclic) bond motifs is 1. The maximum absolute atomic E-state index is 11.2. The van der Waals surface area contributed by atoms with Crippen molar-refractivity contribution in [2.75, 3.05) is 0 Å². The van der Waals surface area contributed by atoms with E-state index in [0.29, 0.717) is 5.82 Å². The first kappa shape index (κ1) is 16.1. The van der Waals surface area contributed by atoms with E-state index in [1.807, 2.05) is 59.2 Å². The molecule has 2 heterocycles. The molecule has 0 aliphatic carbocycles. The van der Waals surface area contributed by atoms with Crippen LogP contribution in [0.3, 0.4) is 0 Å². The van der Waals surface area contributed by atoms with Crippen LogP contribution in [-0.2, 0) is 0 Å². The number of H-pyrrole nitrogens is 1. The van der Waals surface area contributed by atoms with Crippen molar-refractivity contribution in [3.63, 3.8) is 0 Å². The molecule has 3 aromatic carbocycles. The molecule has 7 heteroatoms. The van der Waals surface area contributed by atoms with E-state index in [0.717, 1.165) is 33.4 Å². The van der Waals surface area contributed by atoms with E-state index in [4.69, 9.17) is 0 Å². The Hall–Kier alpha value is -4.13. The van der Waals surface area contributed by atoms with E-state index in [1.54, 1.807) is 18.5 Å². The molecule has 5 aromatic rings. The van der Waals surface area contributed by atoms with Gasteiger partial charge in [0.25, 0.3) is 0 Å². The van der Waals surface area contributed by atoms with E-state index >= 15 is 0 Å². The minimum atomic E-state index is -0.595. The molecule has 0 spiro atoms. The summed E-state index contributed by atoms with van der Waals surface area (Å²) in [5.41, 5.74) is 5.24. The van der Waals surface area contributed by atoms with Gasteiger partial charge in [0.2, 0.25) is 0 Å². The molecule has 136 valence electrons. The summed E-state index contributed by atoms with van der Waals surface area (Å²) in [7, 11) is 0. The number of aromatic hydroxyl groups is 1. The standard InChI is InChI=1S/C21H14N4O3/c26-17-6-2-4-14(10-17)13-3-1-5-16(9-13)25-12-22-18-8-7-15(11-19(18)25)20-23-21(27)28-24-20/h1-12,26H,(H,23,24,27). The highest BCUT2D eigenvalue weighted by Crippen LogP contribution is 2.28. The Bertz CT molecular complexity index is 1360. The zero-order chi connectivity index (χ0) is 19.1. The summed E-state index contributed by atoms with van der Waals surface area (Å²) >= 11 is 0.